The van der Waals surface area contributed by atoms with E-state index in [1.54, 1.807) is 16.7 Å². The number of hydrogen-bond donors (Lipinski definition) is 1. The van der Waals surface area contributed by atoms with Gasteiger partial charge in [0.1, 0.15) is 0 Å². The monoisotopic (exact) mass is 389 g/mol. The smallest absolute Gasteiger partial charge is 0.0597 e. The number of allylic oxidation sites excluding steroid dienone is 5. The Hall–Kier alpha value is -1.80. The highest BCUT2D eigenvalue weighted by Crippen LogP contribution is 2.63. The van der Waals surface area contributed by atoms with Crippen LogP contribution < -0.4 is 4.90 Å². The van der Waals surface area contributed by atoms with Gasteiger partial charge in [0.25, 0.3) is 0 Å². The van der Waals surface area contributed by atoms with Crippen molar-refractivity contribution in [1.29, 1.82) is 0 Å². The van der Waals surface area contributed by atoms with Crippen LogP contribution in [-0.2, 0) is 0 Å². The van der Waals surface area contributed by atoms with Crippen LogP contribution in [0.25, 0.3) is 0 Å². The lowest BCUT2D eigenvalue weighted by atomic mass is 9.53. The van der Waals surface area contributed by atoms with Crippen molar-refractivity contribution in [2.24, 2.45) is 17.3 Å². The topological polar surface area (TPSA) is 23.5 Å². The molecule has 0 saturated heterocycles. The van der Waals surface area contributed by atoms with E-state index >= 15 is 0 Å². The van der Waals surface area contributed by atoms with Gasteiger partial charge in [-0.1, -0.05) is 42.9 Å². The fraction of sp³-hybridized carbons (Fsp3) is 0.556. The van der Waals surface area contributed by atoms with E-state index in [1.807, 2.05) is 0 Å². The lowest BCUT2D eigenvalue weighted by molar-refractivity contribution is -0.00295. The molecule has 4 aliphatic rings. The van der Waals surface area contributed by atoms with Gasteiger partial charge in [0.15, 0.2) is 0 Å². The van der Waals surface area contributed by atoms with Crippen molar-refractivity contribution in [2.75, 3.05) is 19.0 Å². The van der Waals surface area contributed by atoms with Crippen molar-refractivity contribution < 1.29 is 5.11 Å². The Bertz CT molecular complexity index is 890. The van der Waals surface area contributed by atoms with E-state index in [-0.39, 0.29) is 11.5 Å². The zero-order chi connectivity index (χ0) is 20.3. The Labute approximate surface area is 176 Å². The minimum absolute atomic E-state index is 0.0547. The third-order valence-electron chi connectivity index (χ3n) is 8.61. The van der Waals surface area contributed by atoms with Gasteiger partial charge in [-0.15, -0.1) is 0 Å². The Morgan fingerprint density at radius 2 is 1.79 bits per heavy atom. The molecular weight excluding hydrogens is 354 g/mol. The second-order valence-corrected chi connectivity index (χ2v) is 10.4. The summed E-state index contributed by atoms with van der Waals surface area (Å²) in [5.41, 5.74) is 8.98. The first-order chi connectivity index (χ1) is 13.9. The SMILES string of the molecule is C=C1C=C2CCC3C(=C2CC1)C(c1ccc(N(C)C)cc1)CC1(C)C(O)CCC31. The van der Waals surface area contributed by atoms with E-state index in [1.165, 1.54) is 36.1 Å². The third-order valence-corrected chi connectivity index (χ3v) is 8.61. The molecule has 4 aliphatic carbocycles. The molecule has 0 aliphatic heterocycles. The lowest BCUT2D eigenvalue weighted by Gasteiger charge is -2.52. The van der Waals surface area contributed by atoms with Gasteiger partial charge in [-0.25, -0.2) is 0 Å². The molecule has 1 aromatic carbocycles. The number of benzene rings is 1. The first-order valence-corrected chi connectivity index (χ1v) is 11.5. The number of aliphatic hydroxyl groups excluding tert-OH is 1. The first kappa shape index (κ1) is 19.2. The van der Waals surface area contributed by atoms with Gasteiger partial charge in [-0.2, -0.15) is 0 Å². The third kappa shape index (κ3) is 2.94. The summed E-state index contributed by atoms with van der Waals surface area (Å²) < 4.78 is 0. The van der Waals surface area contributed by atoms with Gasteiger partial charge < -0.3 is 10.0 Å². The summed E-state index contributed by atoms with van der Waals surface area (Å²) >= 11 is 0. The average molecular weight is 390 g/mol. The van der Waals surface area contributed by atoms with Crippen LogP contribution in [0.3, 0.4) is 0 Å². The maximum absolute atomic E-state index is 11.0. The predicted octanol–water partition coefficient (Wildman–Crippen LogP) is 6.00. The van der Waals surface area contributed by atoms with Crippen LogP contribution in [0.4, 0.5) is 5.69 Å². The summed E-state index contributed by atoms with van der Waals surface area (Å²) in [5.74, 6) is 1.72. The minimum Gasteiger partial charge on any atom is -0.393 e. The van der Waals surface area contributed by atoms with Crippen molar-refractivity contribution in [2.45, 2.75) is 63.9 Å². The van der Waals surface area contributed by atoms with Crippen LogP contribution in [-0.4, -0.2) is 25.3 Å². The van der Waals surface area contributed by atoms with Crippen molar-refractivity contribution in [3.05, 3.63) is 64.8 Å². The molecule has 0 bridgehead atoms. The Morgan fingerprint density at radius 1 is 1.03 bits per heavy atom. The summed E-state index contributed by atoms with van der Waals surface area (Å²) in [6, 6.07) is 9.21. The molecule has 0 aromatic heterocycles. The Morgan fingerprint density at radius 3 is 2.52 bits per heavy atom. The number of anilines is 1. The van der Waals surface area contributed by atoms with Gasteiger partial charge in [0, 0.05) is 25.7 Å². The van der Waals surface area contributed by atoms with Crippen molar-refractivity contribution in [1.82, 2.24) is 0 Å². The fourth-order valence-corrected chi connectivity index (χ4v) is 7.03. The van der Waals surface area contributed by atoms with E-state index < -0.39 is 0 Å². The molecule has 2 fully saturated rings. The number of hydrogen-bond acceptors (Lipinski definition) is 2. The number of fused-ring (bicyclic) bond motifs is 4. The van der Waals surface area contributed by atoms with Crippen LogP contribution >= 0.6 is 0 Å². The number of nitrogens with zero attached hydrogens (tertiary/aromatic N) is 1. The highest BCUT2D eigenvalue weighted by molar-refractivity contribution is 5.53. The highest BCUT2D eigenvalue weighted by atomic mass is 16.3. The standard InChI is InChI=1S/C27H35NO/c1-17-5-11-21-19(15-17)8-12-22-24-13-14-25(29)27(24,2)16-23(26(21)22)18-6-9-20(10-7-18)28(3)4/h6-7,9-10,15,22-25,29H,1,5,8,11-14,16H2,2-4H3. The van der Waals surface area contributed by atoms with Crippen molar-refractivity contribution in [3.63, 3.8) is 0 Å². The molecular formula is C27H35NO. The largest absolute Gasteiger partial charge is 0.393 e. The molecule has 29 heavy (non-hydrogen) atoms. The molecule has 0 spiro atoms. The van der Waals surface area contributed by atoms with Crippen LogP contribution in [0.2, 0.25) is 0 Å². The molecule has 2 nitrogen and oxygen atoms in total. The zero-order valence-corrected chi connectivity index (χ0v) is 18.2. The molecule has 0 heterocycles. The predicted molar refractivity (Wildman–Crippen MR) is 121 cm³/mol. The quantitative estimate of drug-likeness (QED) is 0.670. The number of aliphatic hydroxyl groups is 1. The second-order valence-electron chi connectivity index (χ2n) is 10.4. The lowest BCUT2D eigenvalue weighted by Crippen LogP contribution is -2.44. The molecule has 2 saturated carbocycles. The molecule has 1 aromatic rings. The van der Waals surface area contributed by atoms with Crippen molar-refractivity contribution in [3.8, 4) is 0 Å². The molecule has 0 radical (unpaired) electrons. The van der Waals surface area contributed by atoms with Gasteiger partial charge in [0.2, 0.25) is 0 Å². The van der Waals surface area contributed by atoms with E-state index in [0.29, 0.717) is 17.8 Å². The van der Waals surface area contributed by atoms with Crippen LogP contribution in [0.1, 0.15) is 63.4 Å². The van der Waals surface area contributed by atoms with E-state index in [2.05, 4.69) is 62.8 Å². The maximum atomic E-state index is 11.0. The molecule has 0 amide bonds. The summed E-state index contributed by atoms with van der Waals surface area (Å²) in [6.45, 7) is 6.63. The molecule has 1 N–H and O–H groups in total. The maximum Gasteiger partial charge on any atom is 0.0597 e. The van der Waals surface area contributed by atoms with E-state index in [9.17, 15) is 5.11 Å². The van der Waals surface area contributed by atoms with Gasteiger partial charge >= 0.3 is 0 Å². The molecule has 5 rings (SSSR count). The molecule has 154 valence electrons. The van der Waals surface area contributed by atoms with E-state index in [0.717, 1.165) is 25.7 Å². The van der Waals surface area contributed by atoms with Gasteiger partial charge in [-0.05, 0) is 91.0 Å². The summed E-state index contributed by atoms with van der Waals surface area (Å²) in [4.78, 5) is 2.17. The minimum atomic E-state index is -0.148. The molecule has 5 atom stereocenters. The average Bonchev–Trinajstić information content (AvgIpc) is 3.01. The molecule has 5 unspecified atom stereocenters. The summed E-state index contributed by atoms with van der Waals surface area (Å²) in [7, 11) is 4.20. The van der Waals surface area contributed by atoms with Gasteiger partial charge in [0.05, 0.1) is 6.10 Å². The van der Waals surface area contributed by atoms with Crippen LogP contribution in [0, 0.1) is 17.3 Å². The highest BCUT2D eigenvalue weighted by Gasteiger charge is 2.56. The van der Waals surface area contributed by atoms with Crippen LogP contribution in [0.5, 0.6) is 0 Å². The Balaban J connectivity index is 1.64. The van der Waals surface area contributed by atoms with Gasteiger partial charge in [-0.3, -0.25) is 0 Å². The normalized spacial score (nSPS) is 36.3. The fourth-order valence-electron chi connectivity index (χ4n) is 7.03. The van der Waals surface area contributed by atoms with Crippen molar-refractivity contribution >= 4 is 5.69 Å². The first-order valence-electron chi connectivity index (χ1n) is 11.5. The Kier molecular flexibility index (Phi) is 4.55. The number of rotatable bonds is 2. The summed E-state index contributed by atoms with van der Waals surface area (Å²) in [5, 5.41) is 11.0. The van der Waals surface area contributed by atoms with Crippen LogP contribution in [0.15, 0.2) is 59.2 Å². The zero-order valence-electron chi connectivity index (χ0n) is 18.2. The van der Waals surface area contributed by atoms with E-state index in [4.69, 9.17) is 0 Å². The molecule has 2 heteroatoms. The summed E-state index contributed by atoms with van der Waals surface area (Å²) in [6.07, 6.45) is 10.2. The second kappa shape index (κ2) is 6.87.